The summed E-state index contributed by atoms with van der Waals surface area (Å²) in [5.41, 5.74) is 0. The molecule has 0 spiro atoms. The van der Waals surface area contributed by atoms with Gasteiger partial charge in [0.1, 0.15) is 98.7 Å². The maximum absolute atomic E-state index is 14.3. The van der Waals surface area contributed by atoms with Crippen molar-refractivity contribution in [1.29, 1.82) is 0 Å². The second-order valence-electron chi connectivity index (χ2n) is 26.3. The summed E-state index contributed by atoms with van der Waals surface area (Å²) >= 11 is 0. The molecule has 2 aliphatic heterocycles. The molecule has 18 unspecified atom stereocenters. The molecular weight excluding hydrogens is 1240 g/mol. The summed E-state index contributed by atoms with van der Waals surface area (Å²) < 4.78 is 64.9. The van der Waals surface area contributed by atoms with Crippen LogP contribution in [0.15, 0.2) is 12.2 Å². The maximum Gasteiger partial charge on any atom is 0.472 e. The zero-order valence-corrected chi connectivity index (χ0v) is 58.2. The Labute approximate surface area is 561 Å². The Morgan fingerprint density at radius 2 is 0.745 bits per heavy atom. The van der Waals surface area contributed by atoms with Crippen molar-refractivity contribution < 1.29 is 117 Å². The Morgan fingerprint density at radius 3 is 1.16 bits per heavy atom. The van der Waals surface area contributed by atoms with Crippen molar-refractivity contribution in [2.45, 2.75) is 382 Å². The molecule has 2 heterocycles. The van der Waals surface area contributed by atoms with E-state index in [0.29, 0.717) is 19.3 Å². The Morgan fingerprint density at radius 1 is 0.404 bits per heavy atom. The predicted octanol–water partition coefficient (Wildman–Crippen LogP) is 9.18. The van der Waals surface area contributed by atoms with Crippen molar-refractivity contribution >= 4 is 25.7 Å². The van der Waals surface area contributed by atoms with Gasteiger partial charge in [0.15, 0.2) is 18.7 Å². The second-order valence-corrected chi connectivity index (χ2v) is 27.7. The third kappa shape index (κ3) is 35.1. The minimum atomic E-state index is -5.69. The molecule has 3 fully saturated rings. The summed E-state index contributed by atoms with van der Waals surface area (Å²) in [7, 11) is -5.69. The number of allylic oxidation sites excluding steroid dienone is 2. The average Bonchev–Trinajstić information content (AvgIpc) is 0.764. The van der Waals surface area contributed by atoms with Gasteiger partial charge < -0.3 is 89.1 Å². The lowest BCUT2D eigenvalue weighted by atomic mass is 9.84. The summed E-state index contributed by atoms with van der Waals surface area (Å²) in [6.07, 6.45) is 8.77. The SMILES string of the molecule is CCCCCCCC/C=C\CCCCCC(=O)OCC(COP(=O)(O)OC1C(OC2OC(CO)C(O)C(O)C2O)C(O)C(O)C(O)C1OC1OC(COC(=O)CCCCCCCCCCCCCCCCC)C(O)C(O)C1O)OC(=O)CCCCCCCCCCCCC. The van der Waals surface area contributed by atoms with Crippen molar-refractivity contribution in [2.75, 3.05) is 26.4 Å². The lowest BCUT2D eigenvalue weighted by Gasteiger charge is -2.49. The van der Waals surface area contributed by atoms with Crippen LogP contribution in [0, 0.1) is 0 Å². The van der Waals surface area contributed by atoms with Crippen molar-refractivity contribution in [2.24, 2.45) is 0 Å². The monoisotopic (exact) mass is 1370 g/mol. The third-order valence-electron chi connectivity index (χ3n) is 18.0. The van der Waals surface area contributed by atoms with Crippen LogP contribution in [0.5, 0.6) is 0 Å². The van der Waals surface area contributed by atoms with E-state index in [1.165, 1.54) is 122 Å². The van der Waals surface area contributed by atoms with E-state index in [1.54, 1.807) is 0 Å². The molecular formula is C69H127O24P. The van der Waals surface area contributed by atoms with E-state index in [2.05, 4.69) is 32.9 Å². The first kappa shape index (κ1) is 85.9. The standard InChI is InChI=1S/C69H127O24P/c1-4-7-10-13-16-19-22-24-25-27-30-32-35-38-41-44-54(72)86-49-52-57(75)59(77)64(82)69(90-52)92-66-62(80)60(78)61(79)65(91-68-63(81)58(76)56(74)51(46-70)89-68)67(66)93-94(83,84)87-48-50(88-55(73)45-42-39-36-33-28-21-18-15-12-9-6-3)47-85-53(71)43-40-37-34-31-29-26-23-20-17-14-11-8-5-2/h26,29,50-52,56-70,74-82H,4-25,27-28,30-49H2,1-3H3,(H,83,84)/b29-26-. The van der Waals surface area contributed by atoms with Crippen LogP contribution < -0.4 is 0 Å². The van der Waals surface area contributed by atoms with E-state index in [0.717, 1.165) is 96.3 Å². The molecule has 11 N–H and O–H groups in total. The van der Waals surface area contributed by atoms with Gasteiger partial charge in [-0.3, -0.25) is 23.4 Å². The number of rotatable bonds is 56. The topological polar surface area (TPSA) is 374 Å². The molecule has 1 aliphatic carbocycles. The van der Waals surface area contributed by atoms with Gasteiger partial charge in [0, 0.05) is 19.3 Å². The summed E-state index contributed by atoms with van der Waals surface area (Å²) in [5, 5.41) is 110. The first-order valence-electron chi connectivity index (χ1n) is 36.5. The number of esters is 3. The van der Waals surface area contributed by atoms with Gasteiger partial charge in [0.2, 0.25) is 0 Å². The molecule has 552 valence electrons. The number of phosphoric acid groups is 1. The highest BCUT2D eigenvalue weighted by Gasteiger charge is 2.58. The van der Waals surface area contributed by atoms with Gasteiger partial charge in [-0.2, -0.15) is 0 Å². The number of carbonyl (C=O) groups is 3. The van der Waals surface area contributed by atoms with Crippen molar-refractivity contribution in [3.05, 3.63) is 12.2 Å². The fourth-order valence-corrected chi connectivity index (χ4v) is 13.0. The molecule has 3 aliphatic rings. The first-order valence-corrected chi connectivity index (χ1v) is 38.0. The van der Waals surface area contributed by atoms with Gasteiger partial charge in [0.25, 0.3) is 0 Å². The van der Waals surface area contributed by atoms with E-state index in [4.69, 9.17) is 42.2 Å². The maximum atomic E-state index is 14.3. The lowest BCUT2D eigenvalue weighted by Crippen LogP contribution is -2.69. The van der Waals surface area contributed by atoms with Gasteiger partial charge >= 0.3 is 25.7 Å². The van der Waals surface area contributed by atoms with Gasteiger partial charge in [-0.05, 0) is 44.9 Å². The first-order chi connectivity index (χ1) is 45.3. The van der Waals surface area contributed by atoms with Crippen molar-refractivity contribution in [3.8, 4) is 0 Å². The number of carbonyl (C=O) groups excluding carboxylic acids is 3. The number of ether oxygens (including phenoxy) is 7. The van der Waals surface area contributed by atoms with Crippen LogP contribution in [-0.2, 0) is 61.2 Å². The minimum absolute atomic E-state index is 0.0274. The van der Waals surface area contributed by atoms with Crippen LogP contribution in [0.4, 0.5) is 0 Å². The van der Waals surface area contributed by atoms with E-state index in [9.17, 15) is 74.9 Å². The van der Waals surface area contributed by atoms with E-state index >= 15 is 0 Å². The Hall–Kier alpha value is -2.30. The summed E-state index contributed by atoms with van der Waals surface area (Å²) in [5.74, 6) is -2.00. The van der Waals surface area contributed by atoms with Gasteiger partial charge in [0.05, 0.1) is 13.2 Å². The van der Waals surface area contributed by atoms with Crippen molar-refractivity contribution in [1.82, 2.24) is 0 Å². The van der Waals surface area contributed by atoms with Crippen LogP contribution in [0.1, 0.15) is 278 Å². The minimum Gasteiger partial charge on any atom is -0.463 e. The number of aliphatic hydroxyl groups is 10. The van der Waals surface area contributed by atoms with Crippen LogP contribution in [0.3, 0.4) is 0 Å². The average molecular weight is 1370 g/mol. The van der Waals surface area contributed by atoms with E-state index in [1.807, 2.05) is 0 Å². The molecule has 2 saturated heterocycles. The largest absolute Gasteiger partial charge is 0.472 e. The Balaban J connectivity index is 1.74. The molecule has 3 rings (SSSR count). The zero-order valence-electron chi connectivity index (χ0n) is 57.3. The molecule has 94 heavy (non-hydrogen) atoms. The fraction of sp³-hybridized carbons (Fsp3) is 0.928. The molecule has 0 aromatic heterocycles. The molecule has 0 aromatic rings. The molecule has 0 amide bonds. The molecule has 0 radical (unpaired) electrons. The Bertz CT molecular complexity index is 2010. The molecule has 0 bridgehead atoms. The number of unbranched alkanes of at least 4 members (excludes halogenated alkanes) is 33. The van der Waals surface area contributed by atoms with E-state index in [-0.39, 0.29) is 19.3 Å². The van der Waals surface area contributed by atoms with Gasteiger partial charge in [-0.15, -0.1) is 0 Å². The van der Waals surface area contributed by atoms with Gasteiger partial charge in [-0.25, -0.2) is 4.57 Å². The summed E-state index contributed by atoms with van der Waals surface area (Å²) in [6.45, 7) is 3.40. The van der Waals surface area contributed by atoms with Crippen LogP contribution in [0.25, 0.3) is 0 Å². The zero-order chi connectivity index (χ0) is 68.9. The van der Waals surface area contributed by atoms with E-state index < -0.39 is 156 Å². The Kier molecular flexibility index (Phi) is 47.3. The van der Waals surface area contributed by atoms with Crippen LogP contribution >= 0.6 is 7.82 Å². The number of aliphatic hydroxyl groups excluding tert-OH is 10. The van der Waals surface area contributed by atoms with Crippen LogP contribution in [-0.4, -0.2) is 204 Å². The van der Waals surface area contributed by atoms with Crippen molar-refractivity contribution in [3.63, 3.8) is 0 Å². The van der Waals surface area contributed by atoms with Gasteiger partial charge in [-0.1, -0.05) is 226 Å². The third-order valence-corrected chi connectivity index (χ3v) is 19.0. The molecule has 0 aromatic carbocycles. The molecule has 18 atom stereocenters. The highest BCUT2D eigenvalue weighted by Crippen LogP contribution is 2.49. The highest BCUT2D eigenvalue weighted by atomic mass is 31.2. The van der Waals surface area contributed by atoms with Crippen LogP contribution in [0.2, 0.25) is 0 Å². The lowest BCUT2D eigenvalue weighted by molar-refractivity contribution is -0.360. The fourth-order valence-electron chi connectivity index (χ4n) is 12.0. The number of hydrogen-bond acceptors (Lipinski definition) is 23. The number of phosphoric ester groups is 1. The summed E-state index contributed by atoms with van der Waals surface area (Å²) in [4.78, 5) is 50.8. The smallest absolute Gasteiger partial charge is 0.463 e. The highest BCUT2D eigenvalue weighted by molar-refractivity contribution is 7.47. The quantitative estimate of drug-likeness (QED) is 0.00888. The normalized spacial score (nSPS) is 28.3. The predicted molar refractivity (Wildman–Crippen MR) is 352 cm³/mol. The second kappa shape index (κ2) is 51.8. The molecule has 25 heteroatoms. The number of hydrogen-bond donors (Lipinski definition) is 11. The molecule has 1 saturated carbocycles. The summed E-state index contributed by atoms with van der Waals surface area (Å²) in [6, 6.07) is 0. The molecule has 24 nitrogen and oxygen atoms in total.